The van der Waals surface area contributed by atoms with Crippen LogP contribution in [0.15, 0.2) is 59.5 Å². The summed E-state index contributed by atoms with van der Waals surface area (Å²) < 4.78 is 36.2. The van der Waals surface area contributed by atoms with Crippen molar-refractivity contribution in [3.8, 4) is 5.75 Å². The van der Waals surface area contributed by atoms with E-state index in [1.54, 1.807) is 0 Å². The van der Waals surface area contributed by atoms with Crippen LogP contribution >= 0.6 is 11.6 Å². The van der Waals surface area contributed by atoms with E-state index < -0.39 is 59.2 Å². The number of aliphatic hydroxyl groups is 2. The average Bonchev–Trinajstić information content (AvgIpc) is 3.20. The van der Waals surface area contributed by atoms with E-state index in [9.17, 15) is 19.5 Å². The molecule has 2 heterocycles. The van der Waals surface area contributed by atoms with E-state index >= 15 is 8.78 Å². The second kappa shape index (κ2) is 11.3. The predicted molar refractivity (Wildman–Crippen MR) is 135 cm³/mol. The Kier molecular flexibility index (Phi) is 8.10. The number of nitrogens with one attached hydrogen (secondary N) is 1. The lowest BCUT2D eigenvalue weighted by Gasteiger charge is -2.20. The number of carbonyl (C=O) groups excluding carboxylic acids is 2. The van der Waals surface area contributed by atoms with E-state index in [0.29, 0.717) is 5.02 Å². The summed E-state index contributed by atoms with van der Waals surface area (Å²) in [4.78, 5) is 40.7. The Labute approximate surface area is 220 Å². The van der Waals surface area contributed by atoms with E-state index in [-0.39, 0.29) is 30.1 Å². The summed E-state index contributed by atoms with van der Waals surface area (Å²) in [5.74, 6) is -4.68. The van der Waals surface area contributed by atoms with Crippen molar-refractivity contribution in [3.05, 3.63) is 92.9 Å². The van der Waals surface area contributed by atoms with Crippen LogP contribution in [0.1, 0.15) is 21.8 Å². The van der Waals surface area contributed by atoms with Gasteiger partial charge in [0, 0.05) is 46.9 Å². The summed E-state index contributed by atoms with van der Waals surface area (Å²) in [7, 11) is 1.25. The van der Waals surface area contributed by atoms with Gasteiger partial charge in [-0.15, -0.1) is 0 Å². The molecule has 0 bridgehead atoms. The lowest BCUT2D eigenvalue weighted by molar-refractivity contribution is -0.118. The molecule has 38 heavy (non-hydrogen) atoms. The van der Waals surface area contributed by atoms with Crippen LogP contribution in [0.3, 0.4) is 0 Å². The minimum Gasteiger partial charge on any atom is -0.497 e. The second-order valence-electron chi connectivity index (χ2n) is 8.71. The SMILES string of the molecule is COc1cc(F)c([C@@H]2CN(c3cccn(CC(O)CO)c3=O)C(=O)[C@H]2NC(=O)c2ccc(Cl)cc2)c(F)c1. The molecule has 3 aromatic rings. The van der Waals surface area contributed by atoms with Crippen LogP contribution in [0, 0.1) is 11.6 Å². The minimum absolute atomic E-state index is 0.0694. The van der Waals surface area contributed by atoms with E-state index in [0.717, 1.165) is 21.6 Å². The molecule has 0 saturated carbocycles. The maximum Gasteiger partial charge on any atom is 0.274 e. The van der Waals surface area contributed by atoms with Gasteiger partial charge in [0.05, 0.1) is 26.4 Å². The van der Waals surface area contributed by atoms with Crippen LogP contribution in [-0.2, 0) is 11.3 Å². The molecule has 4 rings (SSSR count). The summed E-state index contributed by atoms with van der Waals surface area (Å²) in [5.41, 5.74) is -1.08. The van der Waals surface area contributed by atoms with Crippen LogP contribution in [-0.4, -0.2) is 59.0 Å². The molecule has 1 fully saturated rings. The van der Waals surface area contributed by atoms with Gasteiger partial charge in [-0.05, 0) is 36.4 Å². The summed E-state index contributed by atoms with van der Waals surface area (Å²) in [5, 5.41) is 21.8. The molecule has 3 N–H and O–H groups in total. The number of aromatic nitrogens is 1. The number of benzene rings is 2. The maximum absolute atomic E-state index is 15.1. The molecule has 2 amide bonds. The van der Waals surface area contributed by atoms with Crippen LogP contribution in [0.5, 0.6) is 5.75 Å². The van der Waals surface area contributed by atoms with Crippen molar-refractivity contribution in [3.63, 3.8) is 0 Å². The van der Waals surface area contributed by atoms with Crippen molar-refractivity contribution in [2.75, 3.05) is 25.2 Å². The van der Waals surface area contributed by atoms with Crippen molar-refractivity contribution in [2.24, 2.45) is 0 Å². The lowest BCUT2D eigenvalue weighted by Crippen LogP contribution is -2.44. The van der Waals surface area contributed by atoms with Crippen LogP contribution in [0.25, 0.3) is 0 Å². The molecule has 1 aliphatic heterocycles. The topological polar surface area (TPSA) is 121 Å². The summed E-state index contributed by atoms with van der Waals surface area (Å²) in [6.45, 7) is -1.16. The number of ether oxygens (including phenoxy) is 1. The summed E-state index contributed by atoms with van der Waals surface area (Å²) in [6.07, 6.45) is 0.143. The smallest absolute Gasteiger partial charge is 0.274 e. The fourth-order valence-corrected chi connectivity index (χ4v) is 4.51. The molecule has 1 aromatic heterocycles. The molecule has 0 radical (unpaired) electrons. The van der Waals surface area contributed by atoms with Gasteiger partial charge in [0.2, 0.25) is 5.91 Å². The highest BCUT2D eigenvalue weighted by Gasteiger charge is 2.46. The molecule has 3 atom stereocenters. The Morgan fingerprint density at radius 3 is 2.45 bits per heavy atom. The molecule has 2 aromatic carbocycles. The van der Waals surface area contributed by atoms with Gasteiger partial charge < -0.3 is 29.7 Å². The quantitative estimate of drug-likeness (QED) is 0.397. The first kappa shape index (κ1) is 27.2. The molecule has 0 spiro atoms. The highest BCUT2D eigenvalue weighted by Crippen LogP contribution is 2.36. The van der Waals surface area contributed by atoms with E-state index in [1.165, 1.54) is 49.7 Å². The highest BCUT2D eigenvalue weighted by molar-refractivity contribution is 6.30. The van der Waals surface area contributed by atoms with Gasteiger partial charge in [-0.3, -0.25) is 14.4 Å². The zero-order chi connectivity index (χ0) is 27.6. The number of halogens is 3. The van der Waals surface area contributed by atoms with Crippen LogP contribution in [0.4, 0.5) is 14.5 Å². The largest absolute Gasteiger partial charge is 0.497 e. The Balaban J connectivity index is 1.76. The van der Waals surface area contributed by atoms with Gasteiger partial charge in [-0.2, -0.15) is 0 Å². The fraction of sp³-hybridized carbons (Fsp3) is 0.269. The number of pyridine rings is 1. The zero-order valence-corrected chi connectivity index (χ0v) is 20.9. The maximum atomic E-state index is 15.1. The molecule has 200 valence electrons. The van der Waals surface area contributed by atoms with Gasteiger partial charge in [-0.25, -0.2) is 8.78 Å². The number of anilines is 1. The van der Waals surface area contributed by atoms with E-state index in [4.69, 9.17) is 21.4 Å². The number of amides is 2. The van der Waals surface area contributed by atoms with Gasteiger partial charge in [0.25, 0.3) is 11.5 Å². The molecular formula is C26H24ClF2N3O6. The number of aliphatic hydroxyl groups excluding tert-OH is 2. The fourth-order valence-electron chi connectivity index (χ4n) is 4.39. The first-order chi connectivity index (χ1) is 18.1. The van der Waals surface area contributed by atoms with Gasteiger partial charge >= 0.3 is 0 Å². The number of nitrogens with zero attached hydrogens (tertiary/aromatic N) is 2. The normalized spacial score (nSPS) is 17.9. The Hall–Kier alpha value is -3.80. The molecular weight excluding hydrogens is 524 g/mol. The van der Waals surface area contributed by atoms with Gasteiger partial charge in [-0.1, -0.05) is 11.6 Å². The van der Waals surface area contributed by atoms with E-state index in [2.05, 4.69) is 5.32 Å². The first-order valence-electron chi connectivity index (χ1n) is 11.5. The van der Waals surface area contributed by atoms with Gasteiger partial charge in [0.15, 0.2) is 0 Å². The number of hydrogen-bond acceptors (Lipinski definition) is 6. The number of rotatable bonds is 8. The van der Waals surface area contributed by atoms with Crippen molar-refractivity contribution in [1.29, 1.82) is 0 Å². The van der Waals surface area contributed by atoms with Crippen LogP contribution in [0.2, 0.25) is 5.02 Å². The third-order valence-electron chi connectivity index (χ3n) is 6.27. The molecule has 1 aliphatic rings. The number of carbonyl (C=O) groups is 2. The molecule has 0 aliphatic carbocycles. The monoisotopic (exact) mass is 547 g/mol. The van der Waals surface area contributed by atoms with Gasteiger partial charge in [0.1, 0.15) is 29.1 Å². The standard InChI is InChI=1S/C26H24ClF2N3O6/c1-38-17-9-19(28)22(20(29)10-17)18-12-32(21-3-2-8-31(25(21)36)11-16(34)13-33)26(37)23(18)30-24(35)14-4-6-15(27)7-5-14/h2-10,16,18,23,33-34H,11-13H2,1H3,(H,30,35)/t16?,18-,23-/m0/s1. The van der Waals surface area contributed by atoms with Crippen molar-refractivity contribution in [2.45, 2.75) is 24.6 Å². The van der Waals surface area contributed by atoms with Crippen molar-refractivity contribution >= 4 is 29.1 Å². The Bertz CT molecular complexity index is 1390. The van der Waals surface area contributed by atoms with Crippen LogP contribution < -0.4 is 20.5 Å². The molecule has 1 saturated heterocycles. The number of hydrogen-bond donors (Lipinski definition) is 3. The summed E-state index contributed by atoms with van der Waals surface area (Å²) in [6, 6.07) is 9.14. The third kappa shape index (κ3) is 5.40. The molecule has 9 nitrogen and oxygen atoms in total. The Morgan fingerprint density at radius 2 is 1.84 bits per heavy atom. The molecule has 1 unspecified atom stereocenters. The van der Waals surface area contributed by atoms with E-state index in [1.807, 2.05) is 0 Å². The predicted octanol–water partition coefficient (Wildman–Crippen LogP) is 2.07. The Morgan fingerprint density at radius 1 is 1.18 bits per heavy atom. The lowest BCUT2D eigenvalue weighted by atomic mass is 9.92. The summed E-state index contributed by atoms with van der Waals surface area (Å²) >= 11 is 5.88. The van der Waals surface area contributed by atoms with Crippen molar-refractivity contribution < 1.29 is 33.3 Å². The number of methoxy groups -OCH3 is 1. The zero-order valence-electron chi connectivity index (χ0n) is 20.1. The average molecular weight is 548 g/mol. The van der Waals surface area contributed by atoms with Crippen molar-refractivity contribution in [1.82, 2.24) is 9.88 Å². The minimum atomic E-state index is -1.42. The molecule has 12 heteroatoms. The highest BCUT2D eigenvalue weighted by atomic mass is 35.5. The second-order valence-corrected chi connectivity index (χ2v) is 9.14. The first-order valence-corrected chi connectivity index (χ1v) is 11.9. The third-order valence-corrected chi connectivity index (χ3v) is 6.53.